The van der Waals surface area contributed by atoms with Gasteiger partial charge in [-0.15, -0.1) is 11.3 Å². The summed E-state index contributed by atoms with van der Waals surface area (Å²) in [5, 5.41) is 5.73. The van der Waals surface area contributed by atoms with Crippen molar-refractivity contribution in [2.24, 2.45) is 10.4 Å². The van der Waals surface area contributed by atoms with Crippen LogP contribution in [0.1, 0.15) is 30.2 Å². The van der Waals surface area contributed by atoms with Crippen LogP contribution in [0.2, 0.25) is 0 Å². The summed E-state index contributed by atoms with van der Waals surface area (Å²) >= 11 is 1.91. The second-order valence-electron chi connectivity index (χ2n) is 7.60. The van der Waals surface area contributed by atoms with E-state index in [1.807, 2.05) is 11.3 Å². The zero-order chi connectivity index (χ0) is 17.1. The van der Waals surface area contributed by atoms with Gasteiger partial charge in [0.2, 0.25) is 0 Å². The summed E-state index contributed by atoms with van der Waals surface area (Å²) in [4.78, 5) is 11.5. The molecule has 2 saturated heterocycles. The Bertz CT molecular complexity index is 608. The van der Waals surface area contributed by atoms with Crippen molar-refractivity contribution < 1.29 is 4.74 Å². The molecule has 1 spiro atoms. The first-order valence-electron chi connectivity index (χ1n) is 9.67. The maximum atomic E-state index is 5.66. The first-order chi connectivity index (χ1) is 12.3. The van der Waals surface area contributed by atoms with E-state index in [9.17, 15) is 0 Å². The van der Waals surface area contributed by atoms with E-state index < -0.39 is 0 Å². The minimum Gasteiger partial charge on any atom is -0.381 e. The molecule has 2 fully saturated rings. The van der Waals surface area contributed by atoms with Gasteiger partial charge in [0.05, 0.1) is 13.2 Å². The zero-order valence-corrected chi connectivity index (χ0v) is 16.1. The summed E-state index contributed by atoms with van der Waals surface area (Å²) in [5.41, 5.74) is 1.91. The monoisotopic (exact) mass is 362 g/mol. The largest absolute Gasteiger partial charge is 0.381 e. The van der Waals surface area contributed by atoms with Crippen molar-refractivity contribution in [3.63, 3.8) is 0 Å². The lowest BCUT2D eigenvalue weighted by Crippen LogP contribution is -2.42. The molecular formula is C19H30N4OS. The minimum absolute atomic E-state index is 0.387. The van der Waals surface area contributed by atoms with Gasteiger partial charge in [-0.1, -0.05) is 0 Å². The third-order valence-electron chi connectivity index (χ3n) is 5.82. The number of guanidine groups is 1. The summed E-state index contributed by atoms with van der Waals surface area (Å²) in [5.74, 6) is 1.10. The molecule has 1 unspecified atom stereocenters. The number of hydrogen-bond acceptors (Lipinski definition) is 4. The third kappa shape index (κ3) is 3.86. The Morgan fingerprint density at radius 2 is 2.36 bits per heavy atom. The Balaban J connectivity index is 1.32. The lowest BCUT2D eigenvalue weighted by atomic mass is 9.87. The van der Waals surface area contributed by atoms with Crippen LogP contribution in [0.4, 0.5) is 0 Å². The first-order valence-corrected chi connectivity index (χ1v) is 10.5. The van der Waals surface area contributed by atoms with Gasteiger partial charge in [-0.2, -0.15) is 0 Å². The topological polar surface area (TPSA) is 40.1 Å². The van der Waals surface area contributed by atoms with Crippen molar-refractivity contribution in [3.8, 4) is 0 Å². The molecule has 0 amide bonds. The van der Waals surface area contributed by atoms with Gasteiger partial charge in [0.25, 0.3) is 0 Å². The quantitative estimate of drug-likeness (QED) is 0.658. The van der Waals surface area contributed by atoms with Crippen molar-refractivity contribution in [3.05, 3.63) is 21.9 Å². The number of aliphatic imine (C=N–C) groups is 1. The molecule has 4 rings (SSSR count). The fraction of sp³-hybridized carbons (Fsp3) is 0.737. The number of likely N-dealkylation sites (tertiary alicyclic amines) is 1. The summed E-state index contributed by atoms with van der Waals surface area (Å²) in [6, 6.07) is 2.28. The number of hydrogen-bond donors (Lipinski definition) is 1. The van der Waals surface area contributed by atoms with Crippen LogP contribution < -0.4 is 5.32 Å². The lowest BCUT2D eigenvalue weighted by molar-refractivity contribution is 0.156. The normalized spacial score (nSPS) is 27.2. The highest BCUT2D eigenvalue weighted by molar-refractivity contribution is 7.10. The first kappa shape index (κ1) is 17.3. The van der Waals surface area contributed by atoms with Gasteiger partial charge in [-0.25, -0.2) is 0 Å². The molecule has 0 saturated carbocycles. The molecule has 1 N–H and O–H groups in total. The highest BCUT2D eigenvalue weighted by atomic mass is 32.1. The summed E-state index contributed by atoms with van der Waals surface area (Å²) < 4.78 is 5.66. The van der Waals surface area contributed by atoms with Gasteiger partial charge in [-0.05, 0) is 43.2 Å². The molecule has 0 aliphatic carbocycles. The molecule has 5 nitrogen and oxygen atoms in total. The molecule has 6 heteroatoms. The van der Waals surface area contributed by atoms with Gasteiger partial charge >= 0.3 is 0 Å². The number of fused-ring (bicyclic) bond motifs is 1. The van der Waals surface area contributed by atoms with Crippen molar-refractivity contribution in [2.75, 3.05) is 52.5 Å². The van der Waals surface area contributed by atoms with Crippen LogP contribution in [0, 0.1) is 5.41 Å². The van der Waals surface area contributed by atoms with E-state index in [0.29, 0.717) is 5.41 Å². The van der Waals surface area contributed by atoms with E-state index >= 15 is 0 Å². The smallest absolute Gasteiger partial charge is 0.193 e. The number of nitrogens with one attached hydrogen (secondary N) is 1. The Hall–Kier alpha value is -1.11. The second-order valence-corrected chi connectivity index (χ2v) is 8.61. The molecular weight excluding hydrogens is 332 g/mol. The van der Waals surface area contributed by atoms with Gasteiger partial charge in [0.15, 0.2) is 5.96 Å². The van der Waals surface area contributed by atoms with Crippen LogP contribution in [0.15, 0.2) is 16.4 Å². The average molecular weight is 363 g/mol. The average Bonchev–Trinajstić information content (AvgIpc) is 3.36. The summed E-state index contributed by atoms with van der Waals surface area (Å²) in [6.45, 7) is 11.3. The third-order valence-corrected chi connectivity index (χ3v) is 6.85. The van der Waals surface area contributed by atoms with E-state index in [0.717, 1.165) is 58.4 Å². The molecule has 138 valence electrons. The highest BCUT2D eigenvalue weighted by Gasteiger charge is 2.42. The highest BCUT2D eigenvalue weighted by Crippen LogP contribution is 2.38. The Kier molecular flexibility index (Phi) is 5.29. The summed E-state index contributed by atoms with van der Waals surface area (Å²) in [6.07, 6.45) is 3.65. The fourth-order valence-electron chi connectivity index (χ4n) is 4.31. The van der Waals surface area contributed by atoms with E-state index in [2.05, 4.69) is 33.5 Å². The van der Waals surface area contributed by atoms with Crippen molar-refractivity contribution in [1.29, 1.82) is 0 Å². The SMILES string of the molecule is CCNC(=NCCN1CCc2sccc2C1)N1CCC2(CCOC2)C1. The maximum Gasteiger partial charge on any atom is 0.193 e. The fourth-order valence-corrected chi connectivity index (χ4v) is 5.20. The van der Waals surface area contributed by atoms with E-state index in [1.165, 1.54) is 31.4 Å². The molecule has 0 bridgehead atoms. The predicted octanol–water partition coefficient (Wildman–Crippen LogP) is 2.18. The van der Waals surface area contributed by atoms with Crippen LogP contribution in [0.3, 0.4) is 0 Å². The molecule has 3 aliphatic rings. The number of rotatable bonds is 4. The Morgan fingerprint density at radius 1 is 1.40 bits per heavy atom. The van der Waals surface area contributed by atoms with Gasteiger partial charge in [-0.3, -0.25) is 9.89 Å². The summed E-state index contributed by atoms with van der Waals surface area (Å²) in [7, 11) is 0. The van der Waals surface area contributed by atoms with Crippen LogP contribution in [0.25, 0.3) is 0 Å². The molecule has 1 aromatic rings. The van der Waals surface area contributed by atoms with Gasteiger partial charge < -0.3 is 15.0 Å². The maximum absolute atomic E-state index is 5.66. The standard InChI is InChI=1S/C19H30N4OS/c1-2-20-18(23-9-5-19(14-23)6-11-24-15-19)21-7-10-22-8-3-17-16(13-22)4-12-25-17/h4,12H,2-3,5-11,13-15H2,1H3,(H,20,21). The lowest BCUT2D eigenvalue weighted by Gasteiger charge is -2.27. The van der Waals surface area contributed by atoms with Gasteiger partial charge in [0, 0.05) is 56.2 Å². The molecule has 0 radical (unpaired) electrons. The predicted molar refractivity (Wildman–Crippen MR) is 103 cm³/mol. The van der Waals surface area contributed by atoms with Crippen LogP contribution in [0.5, 0.6) is 0 Å². The molecule has 4 heterocycles. The van der Waals surface area contributed by atoms with E-state index in [4.69, 9.17) is 9.73 Å². The molecule has 3 aliphatic heterocycles. The Labute approximate surface area is 155 Å². The molecule has 0 aromatic carbocycles. The van der Waals surface area contributed by atoms with Crippen molar-refractivity contribution >= 4 is 17.3 Å². The zero-order valence-electron chi connectivity index (χ0n) is 15.3. The number of nitrogens with zero attached hydrogens (tertiary/aromatic N) is 3. The second kappa shape index (κ2) is 7.64. The van der Waals surface area contributed by atoms with E-state index in [-0.39, 0.29) is 0 Å². The van der Waals surface area contributed by atoms with E-state index in [1.54, 1.807) is 4.88 Å². The molecule has 1 atom stereocenters. The molecule has 1 aromatic heterocycles. The van der Waals surface area contributed by atoms with Gasteiger partial charge in [0.1, 0.15) is 0 Å². The molecule has 25 heavy (non-hydrogen) atoms. The van der Waals surface area contributed by atoms with Crippen molar-refractivity contribution in [2.45, 2.75) is 32.7 Å². The van der Waals surface area contributed by atoms with Crippen LogP contribution in [-0.2, 0) is 17.7 Å². The van der Waals surface area contributed by atoms with Crippen LogP contribution in [-0.4, -0.2) is 68.2 Å². The Morgan fingerprint density at radius 3 is 3.20 bits per heavy atom. The minimum atomic E-state index is 0.387. The number of thiophene rings is 1. The number of ether oxygens (including phenoxy) is 1. The van der Waals surface area contributed by atoms with Crippen molar-refractivity contribution in [1.82, 2.24) is 15.1 Å². The van der Waals surface area contributed by atoms with Crippen LogP contribution >= 0.6 is 11.3 Å².